The molecule has 0 radical (unpaired) electrons. The van der Waals surface area contributed by atoms with E-state index in [1.54, 1.807) is 7.11 Å². The van der Waals surface area contributed by atoms with Crippen molar-refractivity contribution in [3.05, 3.63) is 0 Å². The summed E-state index contributed by atoms with van der Waals surface area (Å²) in [6, 6.07) is 0. The number of nitrogens with one attached hydrogen (secondary N) is 1. The maximum absolute atomic E-state index is 5.07. The molecule has 0 aromatic heterocycles. The summed E-state index contributed by atoms with van der Waals surface area (Å²) in [5.41, 5.74) is 0. The fourth-order valence-corrected chi connectivity index (χ4v) is 2.20. The third kappa shape index (κ3) is 5.50. The minimum Gasteiger partial charge on any atom is -0.385 e. The van der Waals surface area contributed by atoms with Crippen LogP contribution in [0.2, 0.25) is 0 Å². The molecule has 1 rings (SSSR count). The predicted molar refractivity (Wildman–Crippen MR) is 64.2 cm³/mol. The van der Waals surface area contributed by atoms with Crippen molar-refractivity contribution in [3.63, 3.8) is 0 Å². The molecule has 0 saturated carbocycles. The van der Waals surface area contributed by atoms with E-state index in [-0.39, 0.29) is 0 Å². The maximum Gasteiger partial charge on any atom is 0.0474 e. The minimum atomic E-state index is 0.874. The highest BCUT2D eigenvalue weighted by Gasteiger charge is 2.21. The number of hydrogen-bond donors (Lipinski definition) is 1. The van der Waals surface area contributed by atoms with Crippen LogP contribution in [0.25, 0.3) is 0 Å². The van der Waals surface area contributed by atoms with Crippen molar-refractivity contribution >= 4 is 0 Å². The molecule has 1 fully saturated rings. The van der Waals surface area contributed by atoms with E-state index in [2.05, 4.69) is 17.1 Å². The van der Waals surface area contributed by atoms with Gasteiger partial charge < -0.3 is 15.0 Å². The summed E-state index contributed by atoms with van der Waals surface area (Å²) in [5, 5.41) is 3.51. The Labute approximate surface area is 94.2 Å². The van der Waals surface area contributed by atoms with Gasteiger partial charge in [0.2, 0.25) is 0 Å². The van der Waals surface area contributed by atoms with E-state index < -0.39 is 0 Å². The van der Waals surface area contributed by atoms with Crippen LogP contribution < -0.4 is 5.32 Å². The Hall–Kier alpha value is -0.120. The lowest BCUT2D eigenvalue weighted by atomic mass is 10.1. The lowest BCUT2D eigenvalue weighted by molar-refractivity contribution is 0.178. The molecule has 0 spiro atoms. The second-order valence-electron chi connectivity index (χ2n) is 4.51. The lowest BCUT2D eigenvalue weighted by Gasteiger charge is -2.15. The van der Waals surface area contributed by atoms with Gasteiger partial charge in [0.05, 0.1) is 0 Å². The van der Waals surface area contributed by atoms with E-state index in [1.807, 2.05) is 0 Å². The molecule has 1 aliphatic rings. The summed E-state index contributed by atoms with van der Waals surface area (Å²) in [6.45, 7) is 9.25. The van der Waals surface area contributed by atoms with Gasteiger partial charge >= 0.3 is 0 Å². The molecular formula is C12H26N2O. The molecule has 1 unspecified atom stereocenters. The first-order chi connectivity index (χ1) is 7.36. The van der Waals surface area contributed by atoms with Crippen LogP contribution in [0.1, 0.15) is 26.2 Å². The van der Waals surface area contributed by atoms with Gasteiger partial charge in [-0.05, 0) is 44.8 Å². The normalized spacial score (nSPS) is 22.4. The van der Waals surface area contributed by atoms with Gasteiger partial charge in [-0.1, -0.05) is 6.92 Å². The van der Waals surface area contributed by atoms with Crippen LogP contribution in [0.3, 0.4) is 0 Å². The molecule has 0 amide bonds. The lowest BCUT2D eigenvalue weighted by Crippen LogP contribution is -2.27. The van der Waals surface area contributed by atoms with E-state index >= 15 is 0 Å². The molecular weight excluding hydrogens is 188 g/mol. The SMILES string of the molecule is CCCNCC1CCN(CCCOC)C1. The second-order valence-corrected chi connectivity index (χ2v) is 4.51. The Kier molecular flexibility index (Phi) is 6.98. The number of nitrogens with zero attached hydrogens (tertiary/aromatic N) is 1. The van der Waals surface area contributed by atoms with Crippen LogP contribution in [0.5, 0.6) is 0 Å². The van der Waals surface area contributed by atoms with Crippen molar-refractivity contribution in [1.29, 1.82) is 0 Å². The van der Waals surface area contributed by atoms with Gasteiger partial charge in [0.15, 0.2) is 0 Å². The van der Waals surface area contributed by atoms with Crippen molar-refractivity contribution < 1.29 is 4.74 Å². The molecule has 1 atom stereocenters. The maximum atomic E-state index is 5.07. The summed E-state index contributed by atoms with van der Waals surface area (Å²) < 4.78 is 5.07. The summed E-state index contributed by atoms with van der Waals surface area (Å²) in [5.74, 6) is 0.874. The Morgan fingerprint density at radius 3 is 3.07 bits per heavy atom. The third-order valence-corrected chi connectivity index (χ3v) is 3.05. The number of hydrogen-bond acceptors (Lipinski definition) is 3. The smallest absolute Gasteiger partial charge is 0.0474 e. The molecule has 15 heavy (non-hydrogen) atoms. The molecule has 0 aliphatic carbocycles. The quantitative estimate of drug-likeness (QED) is 0.617. The average Bonchev–Trinajstić information content (AvgIpc) is 2.67. The molecule has 0 aromatic carbocycles. The van der Waals surface area contributed by atoms with E-state index in [0.29, 0.717) is 0 Å². The van der Waals surface area contributed by atoms with Gasteiger partial charge in [-0.2, -0.15) is 0 Å². The highest BCUT2D eigenvalue weighted by molar-refractivity contribution is 4.76. The Morgan fingerprint density at radius 1 is 1.47 bits per heavy atom. The van der Waals surface area contributed by atoms with Crippen molar-refractivity contribution in [2.24, 2.45) is 5.92 Å². The number of ether oxygens (including phenoxy) is 1. The fourth-order valence-electron chi connectivity index (χ4n) is 2.20. The molecule has 90 valence electrons. The zero-order chi connectivity index (χ0) is 10.9. The number of likely N-dealkylation sites (tertiary alicyclic amines) is 1. The standard InChI is InChI=1S/C12H26N2O/c1-3-6-13-10-12-5-8-14(11-12)7-4-9-15-2/h12-13H,3-11H2,1-2H3. The predicted octanol–water partition coefficient (Wildman–Crippen LogP) is 1.34. The van der Waals surface area contributed by atoms with Crippen LogP contribution in [-0.4, -0.2) is 51.3 Å². The number of methoxy groups -OCH3 is 1. The molecule has 1 aliphatic heterocycles. The van der Waals surface area contributed by atoms with Crippen molar-refractivity contribution in [2.75, 3.05) is 46.4 Å². The summed E-state index contributed by atoms with van der Waals surface area (Å²) in [4.78, 5) is 2.57. The van der Waals surface area contributed by atoms with E-state index in [9.17, 15) is 0 Å². The van der Waals surface area contributed by atoms with Crippen molar-refractivity contribution in [2.45, 2.75) is 26.2 Å². The Morgan fingerprint density at radius 2 is 2.33 bits per heavy atom. The molecule has 0 bridgehead atoms. The third-order valence-electron chi connectivity index (χ3n) is 3.05. The van der Waals surface area contributed by atoms with Gasteiger partial charge in [-0.15, -0.1) is 0 Å². The first-order valence-electron chi connectivity index (χ1n) is 6.28. The highest BCUT2D eigenvalue weighted by Crippen LogP contribution is 2.15. The first kappa shape index (κ1) is 12.9. The highest BCUT2D eigenvalue weighted by atomic mass is 16.5. The van der Waals surface area contributed by atoms with Crippen LogP contribution in [0, 0.1) is 5.92 Å². The van der Waals surface area contributed by atoms with Gasteiger partial charge in [-0.3, -0.25) is 0 Å². The zero-order valence-electron chi connectivity index (χ0n) is 10.3. The zero-order valence-corrected chi connectivity index (χ0v) is 10.3. The van der Waals surface area contributed by atoms with Gasteiger partial charge in [0, 0.05) is 26.8 Å². The molecule has 1 N–H and O–H groups in total. The fraction of sp³-hybridized carbons (Fsp3) is 1.00. The number of rotatable bonds is 8. The molecule has 1 heterocycles. The molecule has 3 nitrogen and oxygen atoms in total. The topological polar surface area (TPSA) is 24.5 Å². The molecule has 0 aromatic rings. The Balaban J connectivity index is 1.99. The Bertz CT molecular complexity index is 137. The van der Waals surface area contributed by atoms with E-state index in [4.69, 9.17) is 4.74 Å². The average molecular weight is 214 g/mol. The van der Waals surface area contributed by atoms with Gasteiger partial charge in [0.25, 0.3) is 0 Å². The van der Waals surface area contributed by atoms with Crippen molar-refractivity contribution in [3.8, 4) is 0 Å². The van der Waals surface area contributed by atoms with Crippen LogP contribution >= 0.6 is 0 Å². The summed E-state index contributed by atoms with van der Waals surface area (Å²) in [7, 11) is 1.78. The van der Waals surface area contributed by atoms with E-state index in [1.165, 1.54) is 52.0 Å². The minimum absolute atomic E-state index is 0.874. The van der Waals surface area contributed by atoms with E-state index in [0.717, 1.165) is 12.5 Å². The molecule has 1 saturated heterocycles. The molecule has 3 heteroatoms. The van der Waals surface area contributed by atoms with Crippen LogP contribution in [0.4, 0.5) is 0 Å². The summed E-state index contributed by atoms with van der Waals surface area (Å²) in [6.07, 6.45) is 3.78. The van der Waals surface area contributed by atoms with Gasteiger partial charge in [-0.25, -0.2) is 0 Å². The largest absolute Gasteiger partial charge is 0.385 e. The van der Waals surface area contributed by atoms with Crippen LogP contribution in [-0.2, 0) is 4.74 Å². The van der Waals surface area contributed by atoms with Gasteiger partial charge in [0.1, 0.15) is 0 Å². The first-order valence-corrected chi connectivity index (χ1v) is 6.28. The van der Waals surface area contributed by atoms with Crippen molar-refractivity contribution in [1.82, 2.24) is 10.2 Å². The second kappa shape index (κ2) is 8.08. The monoisotopic (exact) mass is 214 g/mol. The van der Waals surface area contributed by atoms with Crippen LogP contribution in [0.15, 0.2) is 0 Å². The summed E-state index contributed by atoms with van der Waals surface area (Å²) >= 11 is 0.